The first kappa shape index (κ1) is 26.6. The molecule has 2 aromatic carbocycles. The van der Waals surface area contributed by atoms with Gasteiger partial charge in [-0.25, -0.2) is 0 Å². The summed E-state index contributed by atoms with van der Waals surface area (Å²) in [6.07, 6.45) is 9.20. The first-order chi connectivity index (χ1) is 13.8. The molecule has 1 atom stereocenters. The Labute approximate surface area is 213 Å². The minimum absolute atomic E-state index is 0. The van der Waals surface area contributed by atoms with Gasteiger partial charge in [-0.2, -0.15) is 0 Å². The van der Waals surface area contributed by atoms with Crippen molar-refractivity contribution in [1.29, 1.82) is 0 Å². The number of aryl methyl sites for hydroxylation is 2. The minimum atomic E-state index is -0.798. The second kappa shape index (κ2) is 10.5. The minimum Gasteiger partial charge on any atom is -1.00 e. The summed E-state index contributed by atoms with van der Waals surface area (Å²) in [5.74, 6) is 0.692. The van der Waals surface area contributed by atoms with Crippen LogP contribution in [0.3, 0.4) is 0 Å². The van der Waals surface area contributed by atoms with Gasteiger partial charge in [0.1, 0.15) is 0 Å². The number of unbranched alkanes of at least 4 members (excludes halogenated alkanes) is 1. The van der Waals surface area contributed by atoms with Crippen LogP contribution in [0.5, 0.6) is 0 Å². The molecule has 0 saturated heterocycles. The van der Waals surface area contributed by atoms with Crippen LogP contribution in [-0.2, 0) is 23.2 Å². The van der Waals surface area contributed by atoms with Crippen LogP contribution in [0.1, 0.15) is 72.8 Å². The van der Waals surface area contributed by atoms with Crippen molar-refractivity contribution < 1.29 is 48.0 Å². The largest absolute Gasteiger partial charge is 1.00 e. The van der Waals surface area contributed by atoms with Crippen LogP contribution >= 0.6 is 0 Å². The molecule has 0 radical (unpaired) electrons. The van der Waals surface area contributed by atoms with E-state index in [-0.39, 0.29) is 30.2 Å². The molecule has 164 valence electrons. The summed E-state index contributed by atoms with van der Waals surface area (Å²) < 4.78 is 2.48. The number of hydrogen-bond donors (Lipinski definition) is 0. The van der Waals surface area contributed by atoms with Crippen LogP contribution in [-0.4, -0.2) is 0 Å². The first-order valence-electron chi connectivity index (χ1n) is 11.2. The van der Waals surface area contributed by atoms with Gasteiger partial charge in [0.25, 0.3) is 0 Å². The Morgan fingerprint density at radius 3 is 1.90 bits per heavy atom. The van der Waals surface area contributed by atoms with Gasteiger partial charge < -0.3 is 24.8 Å². The third-order valence-electron chi connectivity index (χ3n) is 6.46. The molecule has 0 heterocycles. The molecular weight excluding hydrogens is 498 g/mol. The van der Waals surface area contributed by atoms with Gasteiger partial charge in [0.2, 0.25) is 0 Å². The fraction of sp³-hybridized carbons (Fsp3) is 0.429. The molecular formula is C28H34Cl2Zr. The smallest absolute Gasteiger partial charge is 1.00 e. The molecule has 3 heteroatoms. The monoisotopic (exact) mass is 530 g/mol. The molecule has 0 N–H and O–H groups in total. The van der Waals surface area contributed by atoms with Crippen LogP contribution < -0.4 is 24.8 Å². The molecule has 0 nitrogen and oxygen atoms in total. The van der Waals surface area contributed by atoms with E-state index in [4.69, 9.17) is 0 Å². The molecule has 2 aromatic rings. The van der Waals surface area contributed by atoms with E-state index >= 15 is 0 Å². The number of rotatable bonds is 5. The van der Waals surface area contributed by atoms with Crippen LogP contribution in [0.2, 0.25) is 0 Å². The van der Waals surface area contributed by atoms with Crippen molar-refractivity contribution in [1.82, 2.24) is 0 Å². The van der Waals surface area contributed by atoms with Crippen molar-refractivity contribution in [2.45, 2.75) is 64.4 Å². The summed E-state index contributed by atoms with van der Waals surface area (Å²) in [5, 5.41) is 0. The van der Waals surface area contributed by atoms with Crippen molar-refractivity contribution in [3.8, 4) is 11.1 Å². The van der Waals surface area contributed by atoms with E-state index in [2.05, 4.69) is 90.1 Å². The second-order valence-electron chi connectivity index (χ2n) is 9.98. The van der Waals surface area contributed by atoms with Gasteiger partial charge >= 0.3 is 190 Å². The fourth-order valence-corrected chi connectivity index (χ4v) is 9.16. The summed E-state index contributed by atoms with van der Waals surface area (Å²) in [5.41, 5.74) is 10.8. The Morgan fingerprint density at radius 1 is 0.871 bits per heavy atom. The van der Waals surface area contributed by atoms with E-state index in [0.29, 0.717) is 9.54 Å². The number of hydrogen-bond acceptors (Lipinski definition) is 0. The molecule has 0 spiro atoms. The molecule has 1 unspecified atom stereocenters. The molecule has 31 heavy (non-hydrogen) atoms. The molecule has 2 aliphatic carbocycles. The van der Waals surface area contributed by atoms with Gasteiger partial charge in [-0.1, -0.05) is 0 Å². The summed E-state index contributed by atoms with van der Waals surface area (Å²) in [6.45, 7) is 13.9. The molecule has 0 aromatic heterocycles. The first-order valence-corrected chi connectivity index (χ1v) is 13.8. The summed E-state index contributed by atoms with van der Waals surface area (Å²) in [4.78, 5) is 0. The average Bonchev–Trinajstić information content (AvgIpc) is 3.19. The molecule has 0 bridgehead atoms. The van der Waals surface area contributed by atoms with Gasteiger partial charge in [0.05, 0.1) is 0 Å². The van der Waals surface area contributed by atoms with E-state index in [1.165, 1.54) is 41.5 Å². The van der Waals surface area contributed by atoms with E-state index in [9.17, 15) is 0 Å². The Hall–Kier alpha value is -0.617. The Balaban J connectivity index is 0.00000171. The van der Waals surface area contributed by atoms with Gasteiger partial charge in [-0.15, -0.1) is 0 Å². The molecule has 0 saturated carbocycles. The number of halogens is 2. The fourth-order valence-electron chi connectivity index (χ4n) is 4.73. The normalized spacial score (nSPS) is 17.0. The summed E-state index contributed by atoms with van der Waals surface area (Å²) >= 11 is -0.798. The molecule has 4 rings (SSSR count). The third kappa shape index (κ3) is 5.48. The maximum absolute atomic E-state index is 2.62. The quantitative estimate of drug-likeness (QED) is 0.554. The molecule has 0 fully saturated rings. The zero-order valence-electron chi connectivity index (χ0n) is 19.7. The van der Waals surface area contributed by atoms with Crippen molar-refractivity contribution >= 4 is 0 Å². The maximum atomic E-state index is 2.62. The number of fused-ring (bicyclic) bond motifs is 3. The predicted octanol–water partition coefficient (Wildman–Crippen LogP) is 2.14. The third-order valence-corrected chi connectivity index (χ3v) is 10.8. The van der Waals surface area contributed by atoms with Crippen LogP contribution in [0.15, 0.2) is 57.4 Å². The van der Waals surface area contributed by atoms with Gasteiger partial charge in [-0.05, 0) is 0 Å². The summed E-state index contributed by atoms with van der Waals surface area (Å²) in [6, 6.07) is 14.3. The van der Waals surface area contributed by atoms with E-state index < -0.39 is 23.2 Å². The standard InChI is InChI=1S/C15H13.C13H21.2ClH.Zr/c1-10-3-5-14-12(7-10)9-13-8-11(2)4-6-15(13)14;1-5-6-7-11-8-9-12(10-11)13(2,3)4;;;/h3-9H,1-2H3;9-11H,5-7H2,1-4H3;2*1H;/q;;;;+2/p-2. The molecule has 0 aliphatic heterocycles. The summed E-state index contributed by atoms with van der Waals surface area (Å²) in [7, 11) is 0. The number of allylic oxidation sites excluding steroid dienone is 4. The van der Waals surface area contributed by atoms with Crippen molar-refractivity contribution in [2.75, 3.05) is 0 Å². The van der Waals surface area contributed by atoms with Crippen molar-refractivity contribution in [3.63, 3.8) is 0 Å². The Bertz CT molecular complexity index is 943. The Kier molecular flexibility index (Phi) is 9.06. The molecule has 2 aliphatic rings. The molecule has 0 amide bonds. The van der Waals surface area contributed by atoms with E-state index in [1.807, 2.05) is 3.28 Å². The van der Waals surface area contributed by atoms with E-state index in [0.717, 1.165) is 0 Å². The van der Waals surface area contributed by atoms with Crippen molar-refractivity contribution in [2.24, 2.45) is 11.3 Å². The van der Waals surface area contributed by atoms with Gasteiger partial charge in [0.15, 0.2) is 0 Å². The average molecular weight is 533 g/mol. The van der Waals surface area contributed by atoms with Gasteiger partial charge in [0, 0.05) is 0 Å². The van der Waals surface area contributed by atoms with Gasteiger partial charge in [-0.3, -0.25) is 0 Å². The van der Waals surface area contributed by atoms with Crippen molar-refractivity contribution in [3.05, 3.63) is 79.7 Å². The number of benzene rings is 2. The second-order valence-corrected chi connectivity index (χ2v) is 13.5. The zero-order chi connectivity index (χ0) is 20.8. The zero-order valence-corrected chi connectivity index (χ0v) is 23.6. The SMILES string of the molecule is CCCCC1C=C(C(C)(C)C)C=[C]1[Zr+2][CH]1c2cc(C)ccc2-c2ccc(C)cc21.[Cl-].[Cl-]. The predicted molar refractivity (Wildman–Crippen MR) is 122 cm³/mol. The topological polar surface area (TPSA) is 0 Å². The maximum Gasteiger partial charge on any atom is -1.00 e. The van der Waals surface area contributed by atoms with Crippen LogP contribution in [0, 0.1) is 25.2 Å². The van der Waals surface area contributed by atoms with Crippen LogP contribution in [0.4, 0.5) is 0 Å². The van der Waals surface area contributed by atoms with E-state index in [1.54, 1.807) is 16.7 Å². The Morgan fingerprint density at radius 2 is 1.42 bits per heavy atom. The van der Waals surface area contributed by atoms with Crippen LogP contribution in [0.25, 0.3) is 11.1 Å².